The number of H-pyrrole nitrogens is 1. The van der Waals surface area contributed by atoms with E-state index in [1.165, 1.54) is 5.56 Å². The van der Waals surface area contributed by atoms with Crippen molar-refractivity contribution in [2.24, 2.45) is 0 Å². The van der Waals surface area contributed by atoms with Gasteiger partial charge in [-0.1, -0.05) is 29.8 Å². The summed E-state index contributed by atoms with van der Waals surface area (Å²) in [6.45, 7) is 8.46. The number of benzene rings is 2. The van der Waals surface area contributed by atoms with Crippen molar-refractivity contribution in [3.8, 4) is 0 Å². The number of anilines is 1. The number of aryl methyl sites for hydroxylation is 3. The standard InChI is InChI=1S/C23H28N4O/c1-15-12-16(2)22(17(3)13-15)26-21(28)14-27-10-8-18(9-11-27)23-24-19-6-4-5-7-20(19)25-23/h4-7,12-13,18H,8-11,14H2,1-3H3,(H,24,25)(H,26,28). The van der Waals surface area contributed by atoms with E-state index in [0.717, 1.165) is 59.6 Å². The molecule has 0 spiro atoms. The van der Waals surface area contributed by atoms with Crippen molar-refractivity contribution in [1.29, 1.82) is 0 Å². The highest BCUT2D eigenvalue weighted by atomic mass is 16.2. The van der Waals surface area contributed by atoms with E-state index in [4.69, 9.17) is 4.98 Å². The number of rotatable bonds is 4. The molecule has 146 valence electrons. The van der Waals surface area contributed by atoms with Crippen LogP contribution in [0.4, 0.5) is 5.69 Å². The van der Waals surface area contributed by atoms with E-state index in [9.17, 15) is 4.79 Å². The predicted molar refractivity (Wildman–Crippen MR) is 114 cm³/mol. The first-order chi connectivity index (χ1) is 13.5. The molecule has 0 aliphatic carbocycles. The molecule has 0 saturated carbocycles. The molecular weight excluding hydrogens is 348 g/mol. The summed E-state index contributed by atoms with van der Waals surface area (Å²) in [6.07, 6.45) is 2.05. The lowest BCUT2D eigenvalue weighted by atomic mass is 9.96. The lowest BCUT2D eigenvalue weighted by Gasteiger charge is -2.30. The van der Waals surface area contributed by atoms with Crippen molar-refractivity contribution >= 4 is 22.6 Å². The molecule has 28 heavy (non-hydrogen) atoms. The summed E-state index contributed by atoms with van der Waals surface area (Å²) in [4.78, 5) is 23.0. The van der Waals surface area contributed by atoms with Crippen molar-refractivity contribution in [3.63, 3.8) is 0 Å². The van der Waals surface area contributed by atoms with Crippen LogP contribution in [0.5, 0.6) is 0 Å². The van der Waals surface area contributed by atoms with Gasteiger partial charge in [0.1, 0.15) is 5.82 Å². The third-order valence-electron chi connectivity index (χ3n) is 5.69. The molecule has 2 heterocycles. The van der Waals surface area contributed by atoms with E-state index in [-0.39, 0.29) is 5.91 Å². The van der Waals surface area contributed by atoms with Gasteiger partial charge in [-0.05, 0) is 70.0 Å². The predicted octanol–water partition coefficient (Wildman–Crippen LogP) is 4.31. The van der Waals surface area contributed by atoms with Crippen molar-refractivity contribution < 1.29 is 4.79 Å². The fourth-order valence-electron chi connectivity index (χ4n) is 4.29. The number of likely N-dealkylation sites (tertiary alicyclic amines) is 1. The number of piperidine rings is 1. The maximum absolute atomic E-state index is 12.6. The Morgan fingerprint density at radius 1 is 1.14 bits per heavy atom. The fourth-order valence-corrected chi connectivity index (χ4v) is 4.29. The van der Waals surface area contributed by atoms with Crippen LogP contribution in [-0.4, -0.2) is 40.4 Å². The van der Waals surface area contributed by atoms with Gasteiger partial charge in [0.25, 0.3) is 0 Å². The first kappa shape index (κ1) is 18.7. The van der Waals surface area contributed by atoms with Gasteiger partial charge >= 0.3 is 0 Å². The summed E-state index contributed by atoms with van der Waals surface area (Å²) >= 11 is 0. The molecule has 0 bridgehead atoms. The molecule has 1 aromatic heterocycles. The van der Waals surface area contributed by atoms with Gasteiger partial charge in [-0.2, -0.15) is 0 Å². The van der Waals surface area contributed by atoms with Crippen molar-refractivity contribution in [1.82, 2.24) is 14.9 Å². The summed E-state index contributed by atoms with van der Waals surface area (Å²) in [7, 11) is 0. The van der Waals surface area contributed by atoms with Crippen LogP contribution in [0.3, 0.4) is 0 Å². The SMILES string of the molecule is Cc1cc(C)c(NC(=O)CN2CCC(c3nc4ccccc4[nH]3)CC2)c(C)c1. The number of carbonyl (C=O) groups is 1. The Balaban J connectivity index is 1.33. The highest BCUT2D eigenvalue weighted by molar-refractivity contribution is 5.93. The maximum atomic E-state index is 12.6. The first-order valence-corrected chi connectivity index (χ1v) is 10.0. The minimum atomic E-state index is 0.0669. The first-order valence-electron chi connectivity index (χ1n) is 10.0. The topological polar surface area (TPSA) is 61.0 Å². The molecule has 1 aliphatic rings. The second-order valence-corrected chi connectivity index (χ2v) is 8.01. The Morgan fingerprint density at radius 3 is 2.50 bits per heavy atom. The fraction of sp³-hybridized carbons (Fsp3) is 0.391. The number of hydrogen-bond donors (Lipinski definition) is 2. The summed E-state index contributed by atoms with van der Waals surface area (Å²) in [5.41, 5.74) is 6.54. The average molecular weight is 377 g/mol. The highest BCUT2D eigenvalue weighted by Gasteiger charge is 2.24. The molecule has 3 aromatic rings. The van der Waals surface area contributed by atoms with Crippen LogP contribution in [0.1, 0.15) is 41.3 Å². The van der Waals surface area contributed by atoms with E-state index in [2.05, 4.69) is 54.2 Å². The number of imidazole rings is 1. The molecule has 0 radical (unpaired) electrons. The molecule has 4 rings (SSSR count). The minimum absolute atomic E-state index is 0.0669. The summed E-state index contributed by atoms with van der Waals surface area (Å²) < 4.78 is 0. The third-order valence-corrected chi connectivity index (χ3v) is 5.69. The molecule has 1 fully saturated rings. The number of nitrogens with one attached hydrogen (secondary N) is 2. The Bertz CT molecular complexity index is 943. The van der Waals surface area contributed by atoms with E-state index >= 15 is 0 Å². The van der Waals surface area contributed by atoms with E-state index in [1.54, 1.807) is 0 Å². The molecular formula is C23H28N4O. The van der Waals surface area contributed by atoms with Crippen molar-refractivity contribution in [2.45, 2.75) is 39.5 Å². The largest absolute Gasteiger partial charge is 0.342 e. The number of nitrogens with zero attached hydrogens (tertiary/aromatic N) is 2. The normalized spacial score (nSPS) is 15.8. The molecule has 1 aliphatic heterocycles. The van der Waals surface area contributed by atoms with Crippen molar-refractivity contribution in [2.75, 3.05) is 25.0 Å². The number of fused-ring (bicyclic) bond motifs is 1. The number of aromatic amines is 1. The average Bonchev–Trinajstić information content (AvgIpc) is 3.09. The van der Waals surface area contributed by atoms with E-state index in [0.29, 0.717) is 12.5 Å². The van der Waals surface area contributed by atoms with Crippen LogP contribution in [0, 0.1) is 20.8 Å². The molecule has 1 saturated heterocycles. The summed E-state index contributed by atoms with van der Waals surface area (Å²) in [5.74, 6) is 1.58. The number of para-hydroxylation sites is 2. The van der Waals surface area contributed by atoms with Gasteiger partial charge in [0, 0.05) is 11.6 Å². The van der Waals surface area contributed by atoms with Crippen LogP contribution in [0.15, 0.2) is 36.4 Å². The lowest BCUT2D eigenvalue weighted by Crippen LogP contribution is -2.39. The summed E-state index contributed by atoms with van der Waals surface area (Å²) in [6, 6.07) is 12.4. The van der Waals surface area contributed by atoms with Gasteiger partial charge in [0.05, 0.1) is 17.6 Å². The van der Waals surface area contributed by atoms with Gasteiger partial charge < -0.3 is 10.3 Å². The minimum Gasteiger partial charge on any atom is -0.342 e. The number of hydrogen-bond acceptors (Lipinski definition) is 3. The van der Waals surface area contributed by atoms with Crippen LogP contribution in [0.25, 0.3) is 11.0 Å². The van der Waals surface area contributed by atoms with E-state index in [1.807, 2.05) is 18.2 Å². The van der Waals surface area contributed by atoms with Gasteiger partial charge in [-0.25, -0.2) is 4.98 Å². The number of amides is 1. The van der Waals surface area contributed by atoms with Crippen LogP contribution >= 0.6 is 0 Å². The molecule has 5 nitrogen and oxygen atoms in total. The smallest absolute Gasteiger partial charge is 0.238 e. The van der Waals surface area contributed by atoms with E-state index < -0.39 is 0 Å². The highest BCUT2D eigenvalue weighted by Crippen LogP contribution is 2.28. The zero-order valence-corrected chi connectivity index (χ0v) is 16.9. The van der Waals surface area contributed by atoms with Crippen LogP contribution < -0.4 is 5.32 Å². The molecule has 2 N–H and O–H groups in total. The second kappa shape index (κ2) is 7.76. The second-order valence-electron chi connectivity index (χ2n) is 8.01. The zero-order valence-electron chi connectivity index (χ0n) is 16.9. The Labute approximate surface area is 166 Å². The van der Waals surface area contributed by atoms with Crippen LogP contribution in [0.2, 0.25) is 0 Å². The molecule has 2 aromatic carbocycles. The Morgan fingerprint density at radius 2 is 1.82 bits per heavy atom. The van der Waals surface area contributed by atoms with Gasteiger partial charge in [0.15, 0.2) is 0 Å². The Kier molecular flexibility index (Phi) is 5.18. The molecule has 0 atom stereocenters. The summed E-state index contributed by atoms with van der Waals surface area (Å²) in [5, 5.41) is 3.11. The van der Waals surface area contributed by atoms with Crippen molar-refractivity contribution in [3.05, 3.63) is 58.9 Å². The quantitative estimate of drug-likeness (QED) is 0.713. The van der Waals surface area contributed by atoms with Gasteiger partial charge in [-0.3, -0.25) is 9.69 Å². The lowest BCUT2D eigenvalue weighted by molar-refractivity contribution is -0.117. The molecule has 5 heteroatoms. The van der Waals surface area contributed by atoms with Gasteiger partial charge in [0.2, 0.25) is 5.91 Å². The zero-order chi connectivity index (χ0) is 19.7. The van der Waals surface area contributed by atoms with Gasteiger partial charge in [-0.15, -0.1) is 0 Å². The maximum Gasteiger partial charge on any atom is 0.238 e. The van der Waals surface area contributed by atoms with Crippen LogP contribution in [-0.2, 0) is 4.79 Å². The number of carbonyl (C=O) groups excluding carboxylic acids is 1. The third kappa shape index (κ3) is 3.94. The molecule has 0 unspecified atom stereocenters. The molecule has 1 amide bonds. The Hall–Kier alpha value is -2.66. The number of aromatic nitrogens is 2. The monoisotopic (exact) mass is 376 g/mol.